The van der Waals surface area contributed by atoms with Crippen LogP contribution in [0.4, 0.5) is 10.1 Å². The molecule has 1 rings (SSSR count). The highest BCUT2D eigenvalue weighted by atomic mass is 19.1. The van der Waals surface area contributed by atoms with E-state index in [1.54, 1.807) is 6.07 Å². The number of nitrogens with zero attached hydrogens (tertiary/aromatic N) is 2. The van der Waals surface area contributed by atoms with Crippen LogP contribution in [0, 0.1) is 17.1 Å². The van der Waals surface area contributed by atoms with Crippen LogP contribution in [0.1, 0.15) is 5.56 Å². The molecule has 0 saturated heterocycles. The highest BCUT2D eigenvalue weighted by Crippen LogP contribution is 2.16. The lowest BCUT2D eigenvalue weighted by atomic mass is 10.2. The van der Waals surface area contributed by atoms with Gasteiger partial charge in [-0.2, -0.15) is 5.26 Å². The van der Waals surface area contributed by atoms with Gasteiger partial charge in [0, 0.05) is 25.8 Å². The maximum atomic E-state index is 13.0. The van der Waals surface area contributed by atoms with E-state index < -0.39 is 5.82 Å². The lowest BCUT2D eigenvalue weighted by Crippen LogP contribution is -2.25. The van der Waals surface area contributed by atoms with E-state index in [-0.39, 0.29) is 0 Å². The first-order valence-electron chi connectivity index (χ1n) is 4.29. The molecular weight excluding hydrogens is 181 g/mol. The third-order valence-corrected chi connectivity index (χ3v) is 1.92. The number of nitriles is 1. The van der Waals surface area contributed by atoms with Crippen molar-refractivity contribution >= 4 is 5.69 Å². The predicted molar refractivity (Wildman–Crippen MR) is 53.4 cm³/mol. The van der Waals surface area contributed by atoms with E-state index in [0.717, 1.165) is 0 Å². The van der Waals surface area contributed by atoms with E-state index in [2.05, 4.69) is 0 Å². The minimum atomic E-state index is -0.400. The summed E-state index contributed by atoms with van der Waals surface area (Å²) in [6.07, 6.45) is 0. The molecule has 0 saturated carbocycles. The fraction of sp³-hybridized carbons (Fsp3) is 0.300. The van der Waals surface area contributed by atoms with E-state index in [0.29, 0.717) is 24.3 Å². The van der Waals surface area contributed by atoms with Crippen molar-refractivity contribution in [3.8, 4) is 6.07 Å². The maximum absolute atomic E-state index is 13.0. The molecular formula is C10H12FN3. The summed E-state index contributed by atoms with van der Waals surface area (Å²) in [6, 6.07) is 6.14. The first-order chi connectivity index (χ1) is 6.67. The lowest BCUT2D eigenvalue weighted by Gasteiger charge is -2.18. The summed E-state index contributed by atoms with van der Waals surface area (Å²) < 4.78 is 13.0. The van der Waals surface area contributed by atoms with Gasteiger partial charge in [0.1, 0.15) is 5.82 Å². The molecule has 1 aromatic carbocycles. The second-order valence-corrected chi connectivity index (χ2v) is 3.02. The molecule has 0 fully saturated rings. The number of anilines is 1. The molecule has 0 bridgehead atoms. The van der Waals surface area contributed by atoms with Crippen molar-refractivity contribution in [1.29, 1.82) is 5.26 Å². The number of benzene rings is 1. The molecule has 0 aliphatic rings. The Balaban J connectivity index is 2.98. The summed E-state index contributed by atoms with van der Waals surface area (Å²) in [7, 11) is 1.81. The zero-order chi connectivity index (χ0) is 10.6. The van der Waals surface area contributed by atoms with E-state index in [1.165, 1.54) is 12.1 Å². The van der Waals surface area contributed by atoms with Gasteiger partial charge < -0.3 is 10.6 Å². The average Bonchev–Trinajstić information content (AvgIpc) is 2.17. The second-order valence-electron chi connectivity index (χ2n) is 3.02. The van der Waals surface area contributed by atoms with E-state index in [1.807, 2.05) is 18.0 Å². The smallest absolute Gasteiger partial charge is 0.126 e. The summed E-state index contributed by atoms with van der Waals surface area (Å²) in [5.74, 6) is -0.400. The number of likely N-dealkylation sites (N-methyl/N-ethyl adjacent to an activating group) is 1. The van der Waals surface area contributed by atoms with Gasteiger partial charge in [0.05, 0.1) is 11.6 Å². The van der Waals surface area contributed by atoms with Gasteiger partial charge in [0.2, 0.25) is 0 Å². The fourth-order valence-corrected chi connectivity index (χ4v) is 1.18. The predicted octanol–water partition coefficient (Wildman–Crippen LogP) is 1.09. The van der Waals surface area contributed by atoms with E-state index >= 15 is 0 Å². The lowest BCUT2D eigenvalue weighted by molar-refractivity contribution is 0.626. The molecule has 14 heavy (non-hydrogen) atoms. The van der Waals surface area contributed by atoms with Crippen LogP contribution in [-0.4, -0.2) is 20.1 Å². The van der Waals surface area contributed by atoms with Crippen LogP contribution in [0.15, 0.2) is 18.2 Å². The molecule has 0 unspecified atom stereocenters. The number of rotatable bonds is 3. The average molecular weight is 193 g/mol. The zero-order valence-electron chi connectivity index (χ0n) is 8.00. The molecule has 74 valence electrons. The summed E-state index contributed by atoms with van der Waals surface area (Å²) in [4.78, 5) is 1.81. The first-order valence-corrected chi connectivity index (χ1v) is 4.29. The molecule has 4 heteroatoms. The molecule has 0 spiro atoms. The standard InChI is InChI=1S/C10H12FN3/c1-14(3-2-12)10-5-8(7-13)4-9(11)6-10/h4-6H,2-3,12H2,1H3. The third-order valence-electron chi connectivity index (χ3n) is 1.92. The van der Waals surface area contributed by atoms with Crippen molar-refractivity contribution in [3.05, 3.63) is 29.6 Å². The topological polar surface area (TPSA) is 53.0 Å². The monoisotopic (exact) mass is 193 g/mol. The van der Waals surface area contributed by atoms with Crippen molar-refractivity contribution < 1.29 is 4.39 Å². The van der Waals surface area contributed by atoms with Gasteiger partial charge in [-0.15, -0.1) is 0 Å². The van der Waals surface area contributed by atoms with Gasteiger partial charge in [0.25, 0.3) is 0 Å². The van der Waals surface area contributed by atoms with Gasteiger partial charge in [-0.25, -0.2) is 4.39 Å². The van der Waals surface area contributed by atoms with Crippen LogP contribution >= 0.6 is 0 Å². The van der Waals surface area contributed by atoms with Crippen LogP contribution in [0.2, 0.25) is 0 Å². The maximum Gasteiger partial charge on any atom is 0.126 e. The molecule has 3 nitrogen and oxygen atoms in total. The third kappa shape index (κ3) is 2.44. The highest BCUT2D eigenvalue weighted by molar-refractivity contribution is 5.51. The van der Waals surface area contributed by atoms with Crippen LogP contribution in [0.25, 0.3) is 0 Å². The van der Waals surface area contributed by atoms with Gasteiger partial charge in [-0.05, 0) is 18.2 Å². The van der Waals surface area contributed by atoms with Gasteiger partial charge in [-0.3, -0.25) is 0 Å². The molecule has 2 N–H and O–H groups in total. The quantitative estimate of drug-likeness (QED) is 0.781. The Labute approximate surface area is 82.5 Å². The van der Waals surface area contributed by atoms with Crippen molar-refractivity contribution in [2.24, 2.45) is 5.73 Å². The Bertz CT molecular complexity index is 357. The minimum Gasteiger partial charge on any atom is -0.373 e. The minimum absolute atomic E-state index is 0.323. The molecule has 0 heterocycles. The molecule has 0 radical (unpaired) electrons. The summed E-state index contributed by atoms with van der Waals surface area (Å²) in [6.45, 7) is 1.13. The van der Waals surface area contributed by atoms with Crippen molar-refractivity contribution in [2.45, 2.75) is 0 Å². The van der Waals surface area contributed by atoms with E-state index in [9.17, 15) is 4.39 Å². The summed E-state index contributed by atoms with van der Waals surface area (Å²) in [5, 5.41) is 8.64. The number of nitrogens with two attached hydrogens (primary N) is 1. The number of hydrogen-bond donors (Lipinski definition) is 1. The Morgan fingerprint density at radius 3 is 2.79 bits per heavy atom. The SMILES string of the molecule is CN(CCN)c1cc(F)cc(C#N)c1. The van der Waals surface area contributed by atoms with Gasteiger partial charge in [-0.1, -0.05) is 0 Å². The number of hydrogen-bond acceptors (Lipinski definition) is 3. The summed E-state index contributed by atoms with van der Waals surface area (Å²) >= 11 is 0. The normalized spacial score (nSPS) is 9.57. The highest BCUT2D eigenvalue weighted by Gasteiger charge is 2.03. The van der Waals surface area contributed by atoms with Crippen LogP contribution in [-0.2, 0) is 0 Å². The molecule has 0 aliphatic heterocycles. The molecule has 1 aromatic rings. The second kappa shape index (κ2) is 4.58. The van der Waals surface area contributed by atoms with Crippen LogP contribution in [0.3, 0.4) is 0 Å². The largest absolute Gasteiger partial charge is 0.373 e. The summed E-state index contributed by atoms with van der Waals surface area (Å²) in [5.41, 5.74) is 6.37. The molecule has 0 atom stereocenters. The Morgan fingerprint density at radius 1 is 1.50 bits per heavy atom. The first kappa shape index (κ1) is 10.5. The van der Waals surface area contributed by atoms with Crippen LogP contribution in [0.5, 0.6) is 0 Å². The molecule has 0 amide bonds. The Morgan fingerprint density at radius 2 is 2.21 bits per heavy atom. The molecule has 0 aliphatic carbocycles. The zero-order valence-corrected chi connectivity index (χ0v) is 8.00. The fourth-order valence-electron chi connectivity index (χ4n) is 1.18. The van der Waals surface area contributed by atoms with Gasteiger partial charge >= 0.3 is 0 Å². The Kier molecular flexibility index (Phi) is 3.43. The van der Waals surface area contributed by atoms with Crippen molar-refractivity contribution in [3.63, 3.8) is 0 Å². The van der Waals surface area contributed by atoms with Crippen molar-refractivity contribution in [2.75, 3.05) is 25.0 Å². The Hall–Kier alpha value is -1.60. The van der Waals surface area contributed by atoms with Crippen molar-refractivity contribution in [1.82, 2.24) is 0 Å². The van der Waals surface area contributed by atoms with E-state index in [4.69, 9.17) is 11.0 Å². The molecule has 0 aromatic heterocycles. The van der Waals surface area contributed by atoms with Crippen LogP contribution < -0.4 is 10.6 Å². The van der Waals surface area contributed by atoms with Gasteiger partial charge in [0.15, 0.2) is 0 Å². The number of halogens is 1.